The summed E-state index contributed by atoms with van der Waals surface area (Å²) in [6.45, 7) is 2.23. The SMILES string of the molecule is C[C@H]1CCCC[C@H]1NC(=O)COc1ccc(-c2nnco2)cc1. The first-order valence-electron chi connectivity index (χ1n) is 8.01. The number of amides is 1. The highest BCUT2D eigenvalue weighted by Crippen LogP contribution is 2.24. The number of carbonyl (C=O) groups excluding carboxylic acids is 1. The summed E-state index contributed by atoms with van der Waals surface area (Å²) in [5.74, 6) is 1.58. The molecule has 2 aromatic rings. The standard InChI is InChI=1S/C17H21N3O3/c1-12-4-2-3-5-15(12)19-16(21)10-22-14-8-6-13(7-9-14)17-20-18-11-23-17/h6-9,11-12,15H,2-5,10H2,1H3,(H,19,21)/t12-,15+/m0/s1. The number of carbonyl (C=O) groups is 1. The third-order valence-corrected chi connectivity index (χ3v) is 4.29. The van der Waals surface area contributed by atoms with Crippen molar-refractivity contribution < 1.29 is 13.9 Å². The maximum Gasteiger partial charge on any atom is 0.258 e. The van der Waals surface area contributed by atoms with Crippen molar-refractivity contribution >= 4 is 5.91 Å². The highest BCUT2D eigenvalue weighted by Gasteiger charge is 2.22. The van der Waals surface area contributed by atoms with E-state index in [1.165, 1.54) is 25.7 Å². The van der Waals surface area contributed by atoms with E-state index in [9.17, 15) is 4.79 Å². The zero-order chi connectivity index (χ0) is 16.1. The summed E-state index contributed by atoms with van der Waals surface area (Å²) in [4.78, 5) is 12.0. The Labute approximate surface area is 135 Å². The second kappa shape index (κ2) is 7.26. The molecule has 1 fully saturated rings. The van der Waals surface area contributed by atoms with Gasteiger partial charge < -0.3 is 14.5 Å². The Balaban J connectivity index is 1.49. The topological polar surface area (TPSA) is 77.2 Å². The summed E-state index contributed by atoms with van der Waals surface area (Å²) in [6.07, 6.45) is 5.98. The normalized spacial score (nSPS) is 20.9. The summed E-state index contributed by atoms with van der Waals surface area (Å²) < 4.78 is 10.7. The molecule has 1 amide bonds. The number of rotatable bonds is 5. The first-order valence-corrected chi connectivity index (χ1v) is 8.01. The van der Waals surface area contributed by atoms with Crippen molar-refractivity contribution in [3.63, 3.8) is 0 Å². The first kappa shape index (κ1) is 15.5. The molecule has 0 radical (unpaired) electrons. The van der Waals surface area contributed by atoms with E-state index >= 15 is 0 Å². The molecule has 0 spiro atoms. The van der Waals surface area contributed by atoms with Crippen LogP contribution in [-0.4, -0.2) is 28.8 Å². The molecule has 1 aliphatic carbocycles. The Morgan fingerprint density at radius 3 is 2.78 bits per heavy atom. The molecule has 23 heavy (non-hydrogen) atoms. The van der Waals surface area contributed by atoms with E-state index in [-0.39, 0.29) is 18.6 Å². The van der Waals surface area contributed by atoms with Crippen molar-refractivity contribution in [2.24, 2.45) is 5.92 Å². The van der Waals surface area contributed by atoms with Gasteiger partial charge in [0, 0.05) is 11.6 Å². The molecule has 1 aromatic heterocycles. The fourth-order valence-electron chi connectivity index (χ4n) is 2.92. The molecule has 1 aliphatic rings. The van der Waals surface area contributed by atoms with Crippen molar-refractivity contribution in [3.05, 3.63) is 30.7 Å². The molecule has 6 heteroatoms. The quantitative estimate of drug-likeness (QED) is 0.918. The monoisotopic (exact) mass is 315 g/mol. The summed E-state index contributed by atoms with van der Waals surface area (Å²) >= 11 is 0. The molecule has 6 nitrogen and oxygen atoms in total. The number of hydrogen-bond acceptors (Lipinski definition) is 5. The van der Waals surface area contributed by atoms with Crippen LogP contribution in [0, 0.1) is 5.92 Å². The van der Waals surface area contributed by atoms with Gasteiger partial charge in [0.1, 0.15) is 5.75 Å². The van der Waals surface area contributed by atoms with Crippen molar-refractivity contribution in [3.8, 4) is 17.2 Å². The maximum atomic E-state index is 12.0. The minimum atomic E-state index is -0.0651. The fourth-order valence-corrected chi connectivity index (χ4v) is 2.92. The zero-order valence-corrected chi connectivity index (χ0v) is 13.2. The molecule has 1 aromatic carbocycles. The van der Waals surface area contributed by atoms with Crippen LogP contribution in [0.25, 0.3) is 11.5 Å². The molecule has 0 unspecified atom stereocenters. The first-order chi connectivity index (χ1) is 11.2. The average Bonchev–Trinajstić information content (AvgIpc) is 3.10. The van der Waals surface area contributed by atoms with Gasteiger partial charge in [-0.2, -0.15) is 0 Å². The summed E-state index contributed by atoms with van der Waals surface area (Å²) in [6, 6.07) is 7.50. The smallest absolute Gasteiger partial charge is 0.258 e. The summed E-state index contributed by atoms with van der Waals surface area (Å²) in [7, 11) is 0. The Bertz CT molecular complexity index is 625. The minimum absolute atomic E-state index is 0.0309. The number of benzene rings is 1. The van der Waals surface area contributed by atoms with Gasteiger partial charge in [-0.3, -0.25) is 4.79 Å². The van der Waals surface area contributed by atoms with E-state index in [1.54, 1.807) is 12.1 Å². The summed E-state index contributed by atoms with van der Waals surface area (Å²) in [5.41, 5.74) is 0.815. The highest BCUT2D eigenvalue weighted by atomic mass is 16.5. The molecule has 3 rings (SSSR count). The largest absolute Gasteiger partial charge is 0.484 e. The Morgan fingerprint density at radius 2 is 2.09 bits per heavy atom. The Kier molecular flexibility index (Phi) is 4.90. The Morgan fingerprint density at radius 1 is 1.30 bits per heavy atom. The molecule has 1 N–H and O–H groups in total. The van der Waals surface area contributed by atoms with Crippen molar-refractivity contribution in [2.45, 2.75) is 38.6 Å². The lowest BCUT2D eigenvalue weighted by atomic mass is 9.86. The zero-order valence-electron chi connectivity index (χ0n) is 13.2. The maximum absolute atomic E-state index is 12.0. The van der Waals surface area contributed by atoms with Crippen LogP contribution in [0.15, 0.2) is 35.1 Å². The molecule has 2 atom stereocenters. The van der Waals surface area contributed by atoms with E-state index < -0.39 is 0 Å². The van der Waals surface area contributed by atoms with Crippen molar-refractivity contribution in [2.75, 3.05) is 6.61 Å². The predicted molar refractivity (Wildman–Crippen MR) is 84.8 cm³/mol. The van der Waals surface area contributed by atoms with E-state index in [2.05, 4.69) is 22.4 Å². The van der Waals surface area contributed by atoms with Gasteiger partial charge in [-0.1, -0.05) is 19.8 Å². The average molecular weight is 315 g/mol. The van der Waals surface area contributed by atoms with Gasteiger partial charge in [0.15, 0.2) is 6.61 Å². The van der Waals surface area contributed by atoms with Gasteiger partial charge in [0.05, 0.1) is 0 Å². The van der Waals surface area contributed by atoms with Crippen LogP contribution >= 0.6 is 0 Å². The number of aromatic nitrogens is 2. The van der Waals surface area contributed by atoms with Crippen LogP contribution in [0.3, 0.4) is 0 Å². The van der Waals surface area contributed by atoms with Gasteiger partial charge in [-0.05, 0) is 43.0 Å². The molecular formula is C17H21N3O3. The van der Waals surface area contributed by atoms with Gasteiger partial charge >= 0.3 is 0 Å². The summed E-state index contributed by atoms with van der Waals surface area (Å²) in [5, 5.41) is 10.6. The van der Waals surface area contributed by atoms with E-state index in [0.29, 0.717) is 17.6 Å². The predicted octanol–water partition coefficient (Wildman–Crippen LogP) is 2.81. The van der Waals surface area contributed by atoms with Gasteiger partial charge in [-0.25, -0.2) is 0 Å². The van der Waals surface area contributed by atoms with Crippen molar-refractivity contribution in [1.29, 1.82) is 0 Å². The highest BCUT2D eigenvalue weighted by molar-refractivity contribution is 5.77. The van der Waals surface area contributed by atoms with Crippen LogP contribution in [0.5, 0.6) is 5.75 Å². The fraction of sp³-hybridized carbons (Fsp3) is 0.471. The van der Waals surface area contributed by atoms with Crippen molar-refractivity contribution in [1.82, 2.24) is 15.5 Å². The molecule has 1 heterocycles. The van der Waals surface area contributed by atoms with Crippen LogP contribution < -0.4 is 10.1 Å². The van der Waals surface area contributed by atoms with Crippen LogP contribution in [-0.2, 0) is 4.79 Å². The number of nitrogens with one attached hydrogen (secondary N) is 1. The van der Waals surface area contributed by atoms with E-state index in [0.717, 1.165) is 12.0 Å². The minimum Gasteiger partial charge on any atom is -0.484 e. The van der Waals surface area contributed by atoms with Crippen LogP contribution in [0.4, 0.5) is 0 Å². The Hall–Kier alpha value is -2.37. The molecule has 0 bridgehead atoms. The third kappa shape index (κ3) is 4.09. The second-order valence-electron chi connectivity index (χ2n) is 5.99. The van der Waals surface area contributed by atoms with Gasteiger partial charge in [-0.15, -0.1) is 10.2 Å². The van der Waals surface area contributed by atoms with E-state index in [1.807, 2.05) is 12.1 Å². The van der Waals surface area contributed by atoms with E-state index in [4.69, 9.17) is 9.15 Å². The lowest BCUT2D eigenvalue weighted by Gasteiger charge is -2.29. The number of hydrogen-bond donors (Lipinski definition) is 1. The molecule has 0 saturated heterocycles. The van der Waals surface area contributed by atoms with Crippen LogP contribution in [0.1, 0.15) is 32.6 Å². The second-order valence-corrected chi connectivity index (χ2v) is 5.99. The molecule has 1 saturated carbocycles. The number of ether oxygens (including phenoxy) is 1. The van der Waals surface area contributed by atoms with Gasteiger partial charge in [0.2, 0.25) is 12.3 Å². The lowest BCUT2D eigenvalue weighted by molar-refractivity contribution is -0.124. The van der Waals surface area contributed by atoms with Gasteiger partial charge in [0.25, 0.3) is 5.91 Å². The molecule has 0 aliphatic heterocycles. The number of nitrogens with zero attached hydrogens (tertiary/aromatic N) is 2. The molecule has 122 valence electrons. The molecular weight excluding hydrogens is 294 g/mol. The van der Waals surface area contributed by atoms with Crippen LogP contribution in [0.2, 0.25) is 0 Å². The lowest BCUT2D eigenvalue weighted by Crippen LogP contribution is -2.43. The third-order valence-electron chi connectivity index (χ3n) is 4.29.